The lowest BCUT2D eigenvalue weighted by molar-refractivity contribution is -0.121. The van der Waals surface area contributed by atoms with Gasteiger partial charge in [-0.25, -0.2) is 23.2 Å². The zero-order valence-electron chi connectivity index (χ0n) is 24.3. The zero-order chi connectivity index (χ0) is 31.4. The number of thiophene rings is 1. The van der Waals surface area contributed by atoms with Gasteiger partial charge in [-0.1, -0.05) is 54.6 Å². The second-order valence-electron chi connectivity index (χ2n) is 10.6. The highest BCUT2D eigenvalue weighted by atomic mass is 32.2. The van der Waals surface area contributed by atoms with E-state index in [1.807, 2.05) is 41.8 Å². The first-order valence-electron chi connectivity index (χ1n) is 14.7. The number of amides is 1. The Hall–Kier alpha value is -4.07. The lowest BCUT2D eigenvalue weighted by Gasteiger charge is -2.23. The summed E-state index contributed by atoms with van der Waals surface area (Å²) in [4.78, 5) is 49.9. The molecule has 232 valence electrons. The van der Waals surface area contributed by atoms with E-state index < -0.39 is 21.1 Å². The Bertz CT molecular complexity index is 2070. The van der Waals surface area contributed by atoms with Crippen molar-refractivity contribution in [3.8, 4) is 21.8 Å². The van der Waals surface area contributed by atoms with Crippen LogP contribution in [0.3, 0.4) is 0 Å². The average Bonchev–Trinajstić information content (AvgIpc) is 3.59. The van der Waals surface area contributed by atoms with Crippen LogP contribution in [-0.4, -0.2) is 51.5 Å². The van der Waals surface area contributed by atoms with Gasteiger partial charge >= 0.3 is 5.69 Å². The van der Waals surface area contributed by atoms with Crippen molar-refractivity contribution in [2.45, 2.75) is 48.8 Å². The van der Waals surface area contributed by atoms with Crippen LogP contribution in [0, 0.1) is 0 Å². The molecule has 0 saturated carbocycles. The largest absolute Gasteiger partial charge is 0.356 e. The number of rotatable bonds is 11. The van der Waals surface area contributed by atoms with E-state index in [2.05, 4.69) is 5.32 Å². The minimum atomic E-state index is -3.79. The average molecular weight is 662 g/mol. The molecule has 1 aliphatic rings. The first-order valence-corrected chi connectivity index (χ1v) is 18.2. The highest BCUT2D eigenvalue weighted by molar-refractivity contribution is 7.99. The number of hydrogen-bond acceptors (Lipinski definition) is 9. The predicted molar refractivity (Wildman–Crippen MR) is 178 cm³/mol. The van der Waals surface area contributed by atoms with Gasteiger partial charge in [0.15, 0.2) is 20.7 Å². The van der Waals surface area contributed by atoms with Crippen LogP contribution in [0.25, 0.3) is 32.7 Å². The molecule has 0 spiro atoms. The highest BCUT2D eigenvalue weighted by Gasteiger charge is 2.32. The summed E-state index contributed by atoms with van der Waals surface area (Å²) in [6.45, 7) is 0.559. The number of nitrogens with one attached hydrogen (secondary N) is 1. The van der Waals surface area contributed by atoms with Gasteiger partial charge in [0.2, 0.25) is 5.91 Å². The third-order valence-electron chi connectivity index (χ3n) is 7.51. The first kappa shape index (κ1) is 30.9. The van der Waals surface area contributed by atoms with Crippen LogP contribution >= 0.6 is 23.1 Å². The molecule has 1 aliphatic heterocycles. The summed E-state index contributed by atoms with van der Waals surface area (Å²) in [7, 11) is -3.79. The lowest BCUT2D eigenvalue weighted by Crippen LogP contribution is -2.45. The molecule has 1 amide bonds. The van der Waals surface area contributed by atoms with Gasteiger partial charge in [0.25, 0.3) is 5.56 Å². The van der Waals surface area contributed by atoms with Crippen LogP contribution in [0.4, 0.5) is 0 Å². The number of sulfone groups is 1. The molecule has 5 aromatic rings. The van der Waals surface area contributed by atoms with Crippen molar-refractivity contribution in [1.82, 2.24) is 24.4 Å². The highest BCUT2D eigenvalue weighted by Crippen LogP contribution is 2.31. The standard InChI is InChI=1S/C32H31N5O5S3/c38-26(15-7-20-44-29-23-12-4-5-13-24(23)34-28(35-29)25-14-6-19-43-25)33-16-8-17-36-30(39)27(22-10-2-1-3-11-22)31-37(32(36)40)18-9-21-45(31,41)42/h1-6,10-14,19H,7-9,15-18,20-21H2,(H,33,38). The molecule has 6 rings (SSSR count). The maximum Gasteiger partial charge on any atom is 0.332 e. The second-order valence-corrected chi connectivity index (χ2v) is 14.7. The van der Waals surface area contributed by atoms with Crippen molar-refractivity contribution in [3.63, 3.8) is 0 Å². The number of aromatic nitrogens is 4. The van der Waals surface area contributed by atoms with Crippen LogP contribution in [0.2, 0.25) is 0 Å². The smallest absolute Gasteiger partial charge is 0.332 e. The van der Waals surface area contributed by atoms with Crippen LogP contribution in [0.1, 0.15) is 25.7 Å². The molecule has 4 heterocycles. The van der Waals surface area contributed by atoms with Gasteiger partial charge in [-0.15, -0.1) is 23.1 Å². The number of carbonyl (C=O) groups excluding carboxylic acids is 1. The summed E-state index contributed by atoms with van der Waals surface area (Å²) in [5, 5.41) is 6.54. The number of carbonyl (C=O) groups is 1. The molecule has 0 unspecified atom stereocenters. The summed E-state index contributed by atoms with van der Waals surface area (Å²) in [5.74, 6) is 1.17. The fourth-order valence-corrected chi connectivity index (χ4v) is 8.73. The van der Waals surface area contributed by atoms with E-state index in [1.54, 1.807) is 53.4 Å². The monoisotopic (exact) mass is 661 g/mol. The van der Waals surface area contributed by atoms with Gasteiger partial charge < -0.3 is 5.32 Å². The normalized spacial score (nSPS) is 13.9. The third-order valence-corrected chi connectivity index (χ3v) is 11.3. The molecule has 0 bridgehead atoms. The number of fused-ring (bicyclic) bond motifs is 2. The van der Waals surface area contributed by atoms with Gasteiger partial charge in [0.1, 0.15) is 5.03 Å². The molecule has 1 N–H and O–H groups in total. The van der Waals surface area contributed by atoms with Crippen molar-refractivity contribution in [3.05, 3.63) is 92.9 Å². The van der Waals surface area contributed by atoms with Gasteiger partial charge in [-0.3, -0.25) is 18.7 Å². The summed E-state index contributed by atoms with van der Waals surface area (Å²) >= 11 is 3.19. The van der Waals surface area contributed by atoms with E-state index in [1.165, 1.54) is 4.57 Å². The van der Waals surface area contributed by atoms with Crippen LogP contribution in [-0.2, 0) is 27.7 Å². The number of hydrogen-bond donors (Lipinski definition) is 1. The third kappa shape index (κ3) is 6.65. The maximum absolute atomic E-state index is 13.5. The van der Waals surface area contributed by atoms with E-state index in [-0.39, 0.29) is 41.9 Å². The summed E-state index contributed by atoms with van der Waals surface area (Å²) < 4.78 is 28.2. The molecular formula is C32H31N5O5S3. The lowest BCUT2D eigenvalue weighted by atomic mass is 10.1. The van der Waals surface area contributed by atoms with Crippen LogP contribution in [0.15, 0.2) is 91.8 Å². The van der Waals surface area contributed by atoms with Crippen LogP contribution < -0.4 is 16.6 Å². The molecular weight excluding hydrogens is 631 g/mol. The van der Waals surface area contributed by atoms with Crippen LogP contribution in [0.5, 0.6) is 0 Å². The van der Waals surface area contributed by atoms with E-state index in [4.69, 9.17) is 9.97 Å². The van der Waals surface area contributed by atoms with E-state index in [0.717, 1.165) is 25.4 Å². The maximum atomic E-state index is 13.5. The quantitative estimate of drug-likeness (QED) is 0.123. The molecule has 2 aromatic carbocycles. The van der Waals surface area contributed by atoms with E-state index in [9.17, 15) is 22.8 Å². The zero-order valence-corrected chi connectivity index (χ0v) is 26.8. The molecule has 10 nitrogen and oxygen atoms in total. The first-order chi connectivity index (χ1) is 21.8. The van der Waals surface area contributed by atoms with Crippen molar-refractivity contribution in [2.24, 2.45) is 0 Å². The van der Waals surface area contributed by atoms with Gasteiger partial charge in [0, 0.05) is 37.2 Å². The molecule has 0 saturated heterocycles. The minimum absolute atomic E-state index is 0.0235. The Balaban J connectivity index is 1.06. The Labute approximate surface area is 268 Å². The SMILES string of the molecule is O=C(CCCSc1nc(-c2cccs2)nc2ccccc12)NCCCn1c(=O)c(-c2ccccc2)c2n(c1=O)CCCS2(=O)=O. The minimum Gasteiger partial charge on any atom is -0.356 e. The number of thioether (sulfide) groups is 1. The Morgan fingerprint density at radius 2 is 1.78 bits per heavy atom. The number of nitrogens with zero attached hydrogens (tertiary/aromatic N) is 4. The Kier molecular flexibility index (Phi) is 9.29. The molecule has 0 fully saturated rings. The van der Waals surface area contributed by atoms with Crippen molar-refractivity contribution in [1.29, 1.82) is 0 Å². The van der Waals surface area contributed by atoms with Crippen molar-refractivity contribution in [2.75, 3.05) is 18.1 Å². The predicted octanol–water partition coefficient (Wildman–Crippen LogP) is 4.60. The van der Waals surface area contributed by atoms with Gasteiger partial charge in [-0.05, 0) is 42.3 Å². The second kappa shape index (κ2) is 13.5. The Morgan fingerprint density at radius 3 is 2.58 bits per heavy atom. The van der Waals surface area contributed by atoms with Gasteiger partial charge in [-0.2, -0.15) is 0 Å². The molecule has 0 radical (unpaired) electrons. The fourth-order valence-electron chi connectivity index (χ4n) is 5.39. The van der Waals surface area contributed by atoms with Crippen molar-refractivity contribution >= 4 is 49.7 Å². The number of para-hydroxylation sites is 1. The summed E-state index contributed by atoms with van der Waals surface area (Å²) in [6, 6.07) is 20.4. The number of benzene rings is 2. The fraction of sp³-hybridized carbons (Fsp3) is 0.281. The topological polar surface area (TPSA) is 133 Å². The summed E-state index contributed by atoms with van der Waals surface area (Å²) in [6.07, 6.45) is 1.61. The van der Waals surface area contributed by atoms with E-state index in [0.29, 0.717) is 42.8 Å². The van der Waals surface area contributed by atoms with E-state index >= 15 is 0 Å². The Morgan fingerprint density at radius 1 is 0.978 bits per heavy atom. The van der Waals surface area contributed by atoms with Gasteiger partial charge in [0.05, 0.1) is 21.7 Å². The molecule has 45 heavy (non-hydrogen) atoms. The van der Waals surface area contributed by atoms with Crippen molar-refractivity contribution < 1.29 is 13.2 Å². The molecule has 0 aliphatic carbocycles. The molecule has 0 atom stereocenters. The molecule has 3 aromatic heterocycles. The summed E-state index contributed by atoms with van der Waals surface area (Å²) in [5.41, 5.74) is 0.0858. The molecule has 13 heteroatoms.